The summed E-state index contributed by atoms with van der Waals surface area (Å²) in [5.41, 5.74) is 4.69. The summed E-state index contributed by atoms with van der Waals surface area (Å²) in [6.45, 7) is 0. The average molecular weight is 250 g/mol. The first kappa shape index (κ1) is 9.97. The Kier molecular flexibility index (Phi) is 2.08. The molecule has 0 fully saturated rings. The van der Waals surface area contributed by atoms with Gasteiger partial charge in [-0.1, -0.05) is 60.7 Å². The van der Waals surface area contributed by atoms with Crippen LogP contribution in [0.5, 0.6) is 0 Å². The van der Waals surface area contributed by atoms with Crippen molar-refractivity contribution < 1.29 is 0 Å². The van der Waals surface area contributed by atoms with Gasteiger partial charge >= 0.3 is 0 Å². The Morgan fingerprint density at radius 2 is 1.39 bits per heavy atom. The molecule has 86 valence electrons. The minimum absolute atomic E-state index is 1.08. The molecule has 18 heavy (non-hydrogen) atoms. The molecule has 3 aromatic rings. The molecule has 2 heterocycles. The standard InChI is InChI=1S/C15H10N2S/c1-3-7-11(8-4-1)13-14(17-15(16-13)18-17)12-9-5-2-6-10-12/h1-10H. The first-order chi connectivity index (χ1) is 8.93. The third-order valence-electron chi connectivity index (χ3n) is 3.04. The van der Waals surface area contributed by atoms with Crippen LogP contribution >= 0.6 is 11.9 Å². The second-order valence-corrected chi connectivity index (χ2v) is 5.12. The van der Waals surface area contributed by atoms with Gasteiger partial charge in [-0.25, -0.2) is 4.98 Å². The molecule has 0 saturated heterocycles. The second-order valence-electron chi connectivity index (χ2n) is 4.21. The molecule has 1 aromatic heterocycles. The summed E-state index contributed by atoms with van der Waals surface area (Å²) < 4.78 is 2.19. The first-order valence-electron chi connectivity index (χ1n) is 5.85. The molecular weight excluding hydrogens is 240 g/mol. The molecule has 0 bridgehead atoms. The highest BCUT2D eigenvalue weighted by Gasteiger charge is 2.30. The first-order valence-corrected chi connectivity index (χ1v) is 6.63. The van der Waals surface area contributed by atoms with Crippen molar-refractivity contribution in [3.63, 3.8) is 0 Å². The quantitative estimate of drug-likeness (QED) is 0.499. The number of hydrogen-bond donors (Lipinski definition) is 0. The van der Waals surface area contributed by atoms with Gasteiger partial charge in [0.2, 0.25) is 5.16 Å². The Hall–Kier alpha value is -2.00. The lowest BCUT2D eigenvalue weighted by molar-refractivity contribution is 1.13. The lowest BCUT2D eigenvalue weighted by atomic mass is 10.1. The van der Waals surface area contributed by atoms with Gasteiger partial charge in [0.1, 0.15) is 0 Å². The third kappa shape index (κ3) is 1.48. The molecule has 1 aliphatic rings. The van der Waals surface area contributed by atoms with Crippen LogP contribution in [0.1, 0.15) is 0 Å². The summed E-state index contributed by atoms with van der Waals surface area (Å²) in [4.78, 5) is 4.68. The molecule has 0 unspecified atom stereocenters. The Morgan fingerprint density at radius 1 is 0.778 bits per heavy atom. The fourth-order valence-corrected chi connectivity index (χ4v) is 2.83. The predicted octanol–water partition coefficient (Wildman–Crippen LogP) is 4.09. The van der Waals surface area contributed by atoms with Gasteiger partial charge in [0.25, 0.3) is 0 Å². The molecule has 4 rings (SSSR count). The SMILES string of the molecule is c1ccc(-c2nc3n(c2-c2ccccc2)S3)cc1. The molecular formula is C15H10N2S. The van der Waals surface area contributed by atoms with Crippen LogP contribution < -0.4 is 0 Å². The Labute approximate surface area is 109 Å². The maximum absolute atomic E-state index is 4.68. The molecule has 0 spiro atoms. The number of benzene rings is 2. The Bertz CT molecular complexity index is 702. The summed E-state index contributed by atoms with van der Waals surface area (Å²) in [5.74, 6) is 0. The van der Waals surface area contributed by atoms with E-state index in [4.69, 9.17) is 0 Å². The molecule has 0 aliphatic carbocycles. The highest BCUT2D eigenvalue weighted by Crippen LogP contribution is 2.47. The molecule has 0 N–H and O–H groups in total. The lowest BCUT2D eigenvalue weighted by Crippen LogP contribution is -1.86. The van der Waals surface area contributed by atoms with Crippen LogP contribution in [0, 0.1) is 0 Å². The molecule has 0 amide bonds. The summed E-state index contributed by atoms with van der Waals surface area (Å²) >= 11 is 1.71. The number of rotatable bonds is 2. The van der Waals surface area contributed by atoms with E-state index in [1.165, 1.54) is 16.8 Å². The Balaban J connectivity index is 1.93. The summed E-state index contributed by atoms with van der Waals surface area (Å²) in [6, 6.07) is 20.8. The van der Waals surface area contributed by atoms with E-state index in [-0.39, 0.29) is 0 Å². The molecule has 2 nitrogen and oxygen atoms in total. The normalized spacial score (nSPS) is 12.2. The summed E-state index contributed by atoms with van der Waals surface area (Å²) in [5, 5.41) is 1.10. The fourth-order valence-electron chi connectivity index (χ4n) is 2.16. The van der Waals surface area contributed by atoms with Crippen LogP contribution in [0.3, 0.4) is 0 Å². The van der Waals surface area contributed by atoms with Crippen molar-refractivity contribution in [1.29, 1.82) is 0 Å². The van der Waals surface area contributed by atoms with Gasteiger partial charge in [-0.2, -0.15) is 0 Å². The van der Waals surface area contributed by atoms with Crippen LogP contribution in [0.4, 0.5) is 0 Å². The second kappa shape index (κ2) is 3.75. The van der Waals surface area contributed by atoms with Crippen molar-refractivity contribution in [2.45, 2.75) is 5.16 Å². The average Bonchev–Trinajstić information content (AvgIpc) is 3.11. The van der Waals surface area contributed by atoms with E-state index in [0.29, 0.717) is 0 Å². The van der Waals surface area contributed by atoms with E-state index >= 15 is 0 Å². The molecule has 0 atom stereocenters. The van der Waals surface area contributed by atoms with Crippen molar-refractivity contribution >= 4 is 11.9 Å². The van der Waals surface area contributed by atoms with E-state index in [1.54, 1.807) is 11.9 Å². The van der Waals surface area contributed by atoms with E-state index in [9.17, 15) is 0 Å². The van der Waals surface area contributed by atoms with Gasteiger partial charge in [-0.3, -0.25) is 3.97 Å². The van der Waals surface area contributed by atoms with Crippen LogP contribution in [0.2, 0.25) is 0 Å². The topological polar surface area (TPSA) is 17.8 Å². The van der Waals surface area contributed by atoms with Gasteiger partial charge in [-0.05, 0) is 0 Å². The van der Waals surface area contributed by atoms with Crippen molar-refractivity contribution in [2.24, 2.45) is 0 Å². The Morgan fingerprint density at radius 3 is 2.06 bits per heavy atom. The number of imidazole rings is 1. The number of fused-ring (bicyclic) bond motifs is 1. The van der Waals surface area contributed by atoms with Crippen molar-refractivity contribution in [2.75, 3.05) is 0 Å². The predicted molar refractivity (Wildman–Crippen MR) is 74.4 cm³/mol. The smallest absolute Gasteiger partial charge is 0.201 e. The van der Waals surface area contributed by atoms with Gasteiger partial charge < -0.3 is 0 Å². The summed E-state index contributed by atoms with van der Waals surface area (Å²) in [6.07, 6.45) is 0. The van der Waals surface area contributed by atoms with Crippen LogP contribution in [0.15, 0.2) is 65.8 Å². The largest absolute Gasteiger partial charge is 0.251 e. The van der Waals surface area contributed by atoms with Gasteiger partial charge in [0, 0.05) is 23.1 Å². The number of aromatic nitrogens is 2. The van der Waals surface area contributed by atoms with E-state index < -0.39 is 0 Å². The zero-order valence-corrected chi connectivity index (χ0v) is 10.4. The monoisotopic (exact) mass is 250 g/mol. The third-order valence-corrected chi connectivity index (χ3v) is 3.85. The lowest BCUT2D eigenvalue weighted by Gasteiger charge is -2.04. The maximum atomic E-state index is 4.68. The van der Waals surface area contributed by atoms with E-state index in [1.807, 2.05) is 12.1 Å². The van der Waals surface area contributed by atoms with Crippen LogP contribution in [0.25, 0.3) is 22.5 Å². The highest BCUT2D eigenvalue weighted by molar-refractivity contribution is 8.03. The number of nitrogens with zero attached hydrogens (tertiary/aromatic N) is 2. The highest BCUT2D eigenvalue weighted by atomic mass is 32.2. The zero-order valence-electron chi connectivity index (χ0n) is 9.58. The number of hydrogen-bond acceptors (Lipinski definition) is 2. The van der Waals surface area contributed by atoms with Crippen molar-refractivity contribution in [3.8, 4) is 22.5 Å². The van der Waals surface area contributed by atoms with E-state index in [2.05, 4.69) is 57.5 Å². The minimum atomic E-state index is 1.08. The maximum Gasteiger partial charge on any atom is 0.201 e. The molecule has 0 radical (unpaired) electrons. The van der Waals surface area contributed by atoms with Crippen molar-refractivity contribution in [1.82, 2.24) is 8.96 Å². The van der Waals surface area contributed by atoms with Gasteiger partial charge in [-0.15, -0.1) is 0 Å². The molecule has 0 saturated carbocycles. The van der Waals surface area contributed by atoms with Gasteiger partial charge in [0.15, 0.2) is 0 Å². The van der Waals surface area contributed by atoms with E-state index in [0.717, 1.165) is 10.9 Å². The minimum Gasteiger partial charge on any atom is -0.251 e. The van der Waals surface area contributed by atoms with Crippen LogP contribution in [-0.2, 0) is 0 Å². The molecule has 1 aliphatic heterocycles. The van der Waals surface area contributed by atoms with Crippen LogP contribution in [-0.4, -0.2) is 8.96 Å². The fraction of sp³-hybridized carbons (Fsp3) is 0. The van der Waals surface area contributed by atoms with Crippen molar-refractivity contribution in [3.05, 3.63) is 60.7 Å². The molecule has 3 heteroatoms. The van der Waals surface area contributed by atoms with Gasteiger partial charge in [0.05, 0.1) is 11.4 Å². The molecule has 2 aromatic carbocycles. The summed E-state index contributed by atoms with van der Waals surface area (Å²) in [7, 11) is 0. The zero-order chi connectivity index (χ0) is 11.9.